The fraction of sp³-hybridized carbons (Fsp3) is 0.760. The molecule has 3 aliphatic carbocycles. The number of hydrogen-bond acceptors (Lipinski definition) is 0. The average molecular weight is 343 g/mol. The third-order valence-corrected chi connectivity index (χ3v) is 10.5. The summed E-state index contributed by atoms with van der Waals surface area (Å²) in [4.78, 5) is 0. The van der Waals surface area contributed by atoms with Crippen molar-refractivity contribution in [3.05, 3.63) is 33.4 Å². The van der Waals surface area contributed by atoms with E-state index in [1.807, 2.05) is 0 Å². The smallest absolute Gasteiger partial charge is 0.0180 e. The van der Waals surface area contributed by atoms with Gasteiger partial charge in [0.15, 0.2) is 0 Å². The van der Waals surface area contributed by atoms with Crippen LogP contribution in [0.2, 0.25) is 0 Å². The molecule has 0 fully saturated rings. The predicted octanol–water partition coefficient (Wildman–Crippen LogP) is 8.11. The SMILES string of the molecule is C/C1=C(\C)C2(C)C(C)(C)/C(C)=C(/C)C(C)(/C(C)=C(\C)C2(C)C)C1(C)C. The van der Waals surface area contributed by atoms with Gasteiger partial charge < -0.3 is 0 Å². The first kappa shape index (κ1) is 20.5. The van der Waals surface area contributed by atoms with Crippen LogP contribution in [0.1, 0.15) is 96.9 Å². The molecule has 0 aromatic heterocycles. The molecule has 0 nitrogen and oxygen atoms in total. The summed E-state index contributed by atoms with van der Waals surface area (Å²) in [6.07, 6.45) is 0. The van der Waals surface area contributed by atoms with Gasteiger partial charge in [-0.05, 0) is 57.8 Å². The maximum absolute atomic E-state index is 2.53. The minimum Gasteiger partial charge on any atom is -0.0669 e. The number of fused-ring (bicyclic) bond motifs is 3. The molecule has 142 valence electrons. The van der Waals surface area contributed by atoms with Crippen LogP contribution in [-0.4, -0.2) is 0 Å². The first-order valence-electron chi connectivity index (χ1n) is 10.0. The Kier molecular flexibility index (Phi) is 4.22. The summed E-state index contributed by atoms with van der Waals surface area (Å²) in [6, 6.07) is 0. The summed E-state index contributed by atoms with van der Waals surface area (Å²) >= 11 is 0. The second-order valence-electron chi connectivity index (χ2n) is 10.9. The van der Waals surface area contributed by atoms with Gasteiger partial charge in [-0.1, -0.05) is 88.8 Å². The van der Waals surface area contributed by atoms with Gasteiger partial charge in [-0.3, -0.25) is 0 Å². The molecule has 0 heterocycles. The number of hydrogen-bond donors (Lipinski definition) is 0. The maximum atomic E-state index is 2.53. The third kappa shape index (κ3) is 1.90. The monoisotopic (exact) mass is 342 g/mol. The zero-order valence-corrected chi connectivity index (χ0v) is 19.5. The predicted molar refractivity (Wildman–Crippen MR) is 113 cm³/mol. The van der Waals surface area contributed by atoms with Gasteiger partial charge >= 0.3 is 0 Å². The first-order valence-corrected chi connectivity index (χ1v) is 10.0. The largest absolute Gasteiger partial charge is 0.0669 e. The Morgan fingerprint density at radius 1 is 0.360 bits per heavy atom. The second kappa shape index (κ2) is 5.14. The highest BCUT2D eigenvalue weighted by atomic mass is 14.6. The summed E-state index contributed by atoms with van der Waals surface area (Å²) < 4.78 is 0. The van der Waals surface area contributed by atoms with Crippen LogP contribution >= 0.6 is 0 Å². The van der Waals surface area contributed by atoms with E-state index in [2.05, 4.69) is 96.9 Å². The van der Waals surface area contributed by atoms with Crippen LogP contribution in [-0.2, 0) is 0 Å². The molecule has 0 heteroatoms. The van der Waals surface area contributed by atoms with Crippen LogP contribution in [0.5, 0.6) is 0 Å². The Morgan fingerprint density at radius 3 is 0.960 bits per heavy atom. The molecule has 3 aliphatic rings. The summed E-state index contributed by atoms with van der Waals surface area (Å²) in [5.41, 5.74) is 9.91. The molecule has 0 spiro atoms. The molecule has 0 amide bonds. The van der Waals surface area contributed by atoms with Crippen molar-refractivity contribution >= 4 is 0 Å². The summed E-state index contributed by atoms with van der Waals surface area (Å²) in [5, 5.41) is 0. The molecule has 2 unspecified atom stereocenters. The third-order valence-electron chi connectivity index (χ3n) is 10.5. The lowest BCUT2D eigenvalue weighted by atomic mass is 9.39. The molecule has 0 aliphatic heterocycles. The number of allylic oxidation sites excluding steroid dienone is 6. The molecule has 0 N–H and O–H groups in total. The van der Waals surface area contributed by atoms with Crippen molar-refractivity contribution < 1.29 is 0 Å². The molecule has 2 atom stereocenters. The van der Waals surface area contributed by atoms with Crippen LogP contribution in [0.15, 0.2) is 33.4 Å². The van der Waals surface area contributed by atoms with Crippen molar-refractivity contribution in [1.29, 1.82) is 0 Å². The molecule has 2 bridgehead atoms. The standard InChI is InChI=1S/C25H42/c1-15-18(4)24(13)19(5)16(2)23(11,12)25(14,22(15,9)10)20(6)17(3)21(24,7)8/h1-14H3/b18-15-,19-16+,20-17-. The summed E-state index contributed by atoms with van der Waals surface area (Å²) in [5.74, 6) is 0. The summed E-state index contributed by atoms with van der Waals surface area (Å²) in [6.45, 7) is 34.3. The van der Waals surface area contributed by atoms with Crippen molar-refractivity contribution in [3.63, 3.8) is 0 Å². The molecular weight excluding hydrogens is 300 g/mol. The van der Waals surface area contributed by atoms with E-state index in [1.165, 1.54) is 0 Å². The normalized spacial score (nSPS) is 45.8. The van der Waals surface area contributed by atoms with Gasteiger partial charge in [-0.2, -0.15) is 0 Å². The van der Waals surface area contributed by atoms with Gasteiger partial charge in [-0.15, -0.1) is 0 Å². The lowest BCUT2D eigenvalue weighted by Gasteiger charge is -2.64. The Labute approximate surface area is 157 Å². The molecule has 0 aromatic carbocycles. The fourth-order valence-electron chi connectivity index (χ4n) is 6.59. The van der Waals surface area contributed by atoms with Gasteiger partial charge in [0.25, 0.3) is 0 Å². The molecule has 3 rings (SSSR count). The van der Waals surface area contributed by atoms with Crippen molar-refractivity contribution in [3.8, 4) is 0 Å². The highest BCUT2D eigenvalue weighted by molar-refractivity contribution is 5.51. The van der Waals surface area contributed by atoms with E-state index in [0.717, 1.165) is 0 Å². The second-order valence-corrected chi connectivity index (χ2v) is 10.9. The van der Waals surface area contributed by atoms with Gasteiger partial charge in [0.05, 0.1) is 0 Å². The van der Waals surface area contributed by atoms with Crippen LogP contribution in [0.25, 0.3) is 0 Å². The lowest BCUT2D eigenvalue weighted by Crippen LogP contribution is -2.55. The van der Waals surface area contributed by atoms with E-state index in [4.69, 9.17) is 0 Å². The molecule has 0 saturated heterocycles. The molecule has 0 aromatic rings. The minimum absolute atomic E-state index is 0.0444. The van der Waals surface area contributed by atoms with Crippen LogP contribution in [0, 0.1) is 27.1 Å². The van der Waals surface area contributed by atoms with Gasteiger partial charge in [-0.25, -0.2) is 0 Å². The number of rotatable bonds is 0. The van der Waals surface area contributed by atoms with Crippen molar-refractivity contribution in [2.45, 2.75) is 96.9 Å². The molecule has 0 saturated carbocycles. The highest BCUT2D eigenvalue weighted by Crippen LogP contribution is 2.70. The molecule has 0 radical (unpaired) electrons. The zero-order valence-electron chi connectivity index (χ0n) is 19.5. The van der Waals surface area contributed by atoms with Gasteiger partial charge in [0.1, 0.15) is 0 Å². The lowest BCUT2D eigenvalue weighted by molar-refractivity contribution is 0.0268. The minimum atomic E-state index is 0.0444. The van der Waals surface area contributed by atoms with Gasteiger partial charge in [0, 0.05) is 10.8 Å². The van der Waals surface area contributed by atoms with Crippen LogP contribution in [0.4, 0.5) is 0 Å². The highest BCUT2D eigenvalue weighted by Gasteiger charge is 2.61. The quantitative estimate of drug-likeness (QED) is 0.390. The Bertz CT molecular complexity index is 675. The van der Waals surface area contributed by atoms with E-state index in [1.54, 1.807) is 33.4 Å². The van der Waals surface area contributed by atoms with Crippen molar-refractivity contribution in [2.75, 3.05) is 0 Å². The van der Waals surface area contributed by atoms with Crippen LogP contribution < -0.4 is 0 Å². The Morgan fingerprint density at radius 2 is 0.640 bits per heavy atom. The van der Waals surface area contributed by atoms with Crippen molar-refractivity contribution in [1.82, 2.24) is 0 Å². The van der Waals surface area contributed by atoms with Crippen molar-refractivity contribution in [2.24, 2.45) is 27.1 Å². The maximum Gasteiger partial charge on any atom is 0.0180 e. The average Bonchev–Trinajstić information content (AvgIpc) is 2.53. The fourth-order valence-corrected chi connectivity index (χ4v) is 6.59. The van der Waals surface area contributed by atoms with Gasteiger partial charge in [0.2, 0.25) is 0 Å². The molecule has 25 heavy (non-hydrogen) atoms. The topological polar surface area (TPSA) is 0 Å². The summed E-state index contributed by atoms with van der Waals surface area (Å²) in [7, 11) is 0. The zero-order chi connectivity index (χ0) is 20.0. The first-order chi connectivity index (χ1) is 10.9. The molecular formula is C25H42. The Hall–Kier alpha value is -0.780. The Balaban J connectivity index is 3.28. The van der Waals surface area contributed by atoms with E-state index < -0.39 is 0 Å². The van der Waals surface area contributed by atoms with Crippen LogP contribution in [0.3, 0.4) is 0 Å². The van der Waals surface area contributed by atoms with E-state index in [-0.39, 0.29) is 27.1 Å². The van der Waals surface area contributed by atoms with E-state index in [0.29, 0.717) is 0 Å². The van der Waals surface area contributed by atoms with E-state index >= 15 is 0 Å². The van der Waals surface area contributed by atoms with E-state index in [9.17, 15) is 0 Å².